The van der Waals surface area contributed by atoms with E-state index in [4.69, 9.17) is 10.5 Å². The fourth-order valence-corrected chi connectivity index (χ4v) is 4.71. The summed E-state index contributed by atoms with van der Waals surface area (Å²) in [6, 6.07) is 18.8. The van der Waals surface area contributed by atoms with Gasteiger partial charge in [-0.1, -0.05) is 48.5 Å². The molecule has 3 aromatic rings. The minimum Gasteiger partial charge on any atom is -0.374 e. The zero-order valence-corrected chi connectivity index (χ0v) is 22.2. The first-order valence-electron chi connectivity index (χ1n) is 12.0. The van der Waals surface area contributed by atoms with Crippen LogP contribution < -0.4 is 11.1 Å². The van der Waals surface area contributed by atoms with Gasteiger partial charge in [0.1, 0.15) is 12.1 Å². The third kappa shape index (κ3) is 7.48. The van der Waals surface area contributed by atoms with Crippen molar-refractivity contribution in [3.63, 3.8) is 0 Å². The van der Waals surface area contributed by atoms with Gasteiger partial charge in [0, 0.05) is 44.5 Å². The van der Waals surface area contributed by atoms with E-state index >= 15 is 0 Å². The number of likely N-dealkylation sites (N-methyl/N-ethyl adjacent to an activating group) is 3. The monoisotopic (exact) mass is 522 g/mol. The van der Waals surface area contributed by atoms with Crippen LogP contribution in [0.25, 0.3) is 0 Å². The number of rotatable bonds is 12. The highest BCUT2D eigenvalue weighted by Crippen LogP contribution is 2.17. The van der Waals surface area contributed by atoms with Crippen molar-refractivity contribution in [1.82, 2.24) is 15.1 Å². The number of ether oxygens (including phenoxy) is 1. The van der Waals surface area contributed by atoms with Gasteiger partial charge in [-0.2, -0.15) is 0 Å². The molecule has 0 saturated heterocycles. The first-order valence-corrected chi connectivity index (χ1v) is 12.9. The summed E-state index contributed by atoms with van der Waals surface area (Å²) in [5, 5.41) is 4.59. The summed E-state index contributed by atoms with van der Waals surface area (Å²) in [5.41, 5.74) is 7.94. The van der Waals surface area contributed by atoms with Gasteiger partial charge in [-0.15, -0.1) is 11.3 Å². The van der Waals surface area contributed by atoms with Crippen LogP contribution in [0.5, 0.6) is 0 Å². The van der Waals surface area contributed by atoms with Crippen molar-refractivity contribution >= 4 is 29.1 Å². The molecule has 1 heterocycles. The van der Waals surface area contributed by atoms with E-state index in [-0.39, 0.29) is 30.9 Å². The number of hydrogen-bond donors (Lipinski definition) is 2. The normalized spacial score (nSPS) is 12.4. The highest BCUT2D eigenvalue weighted by atomic mass is 32.1. The Balaban J connectivity index is 1.85. The Kier molecular flexibility index (Phi) is 10.4. The van der Waals surface area contributed by atoms with Crippen LogP contribution in [0, 0.1) is 0 Å². The smallest absolute Gasteiger partial charge is 0.254 e. The lowest BCUT2D eigenvalue weighted by Crippen LogP contribution is -2.56. The van der Waals surface area contributed by atoms with Crippen molar-refractivity contribution < 1.29 is 19.1 Å². The van der Waals surface area contributed by atoms with Crippen LogP contribution in [0.2, 0.25) is 0 Å². The molecule has 196 valence electrons. The van der Waals surface area contributed by atoms with Gasteiger partial charge in [-0.3, -0.25) is 14.4 Å². The predicted octanol–water partition coefficient (Wildman–Crippen LogP) is 2.68. The average Bonchev–Trinajstić information content (AvgIpc) is 3.46. The van der Waals surface area contributed by atoms with Gasteiger partial charge in [0.2, 0.25) is 11.8 Å². The third-order valence-electron chi connectivity index (χ3n) is 6.21. The van der Waals surface area contributed by atoms with Crippen molar-refractivity contribution in [2.75, 3.05) is 27.7 Å². The summed E-state index contributed by atoms with van der Waals surface area (Å²) in [6.07, 6.45) is 0.368. The summed E-state index contributed by atoms with van der Waals surface area (Å²) in [5.74, 6) is -0.998. The van der Waals surface area contributed by atoms with Crippen molar-refractivity contribution in [2.45, 2.75) is 31.7 Å². The largest absolute Gasteiger partial charge is 0.374 e. The second kappa shape index (κ2) is 13.7. The Labute approximate surface area is 222 Å². The summed E-state index contributed by atoms with van der Waals surface area (Å²) in [7, 11) is 4.71. The quantitative estimate of drug-likeness (QED) is 0.381. The van der Waals surface area contributed by atoms with E-state index in [1.807, 2.05) is 53.9 Å². The number of hydrogen-bond acceptors (Lipinski definition) is 6. The van der Waals surface area contributed by atoms with Gasteiger partial charge in [0.05, 0.1) is 13.2 Å². The molecule has 3 N–H and O–H groups in total. The molecular weight excluding hydrogens is 488 g/mol. The molecule has 3 rings (SSSR count). The predicted molar refractivity (Wildman–Crippen MR) is 145 cm³/mol. The van der Waals surface area contributed by atoms with E-state index in [0.29, 0.717) is 18.5 Å². The van der Waals surface area contributed by atoms with E-state index in [1.165, 1.54) is 21.1 Å². The fraction of sp³-hybridized carbons (Fsp3) is 0.321. The van der Waals surface area contributed by atoms with Gasteiger partial charge in [-0.05, 0) is 34.7 Å². The number of nitrogens with one attached hydrogen (secondary N) is 1. The van der Waals surface area contributed by atoms with Crippen LogP contribution in [-0.2, 0) is 33.9 Å². The van der Waals surface area contributed by atoms with E-state index in [9.17, 15) is 14.4 Å². The molecule has 0 radical (unpaired) electrons. The van der Waals surface area contributed by atoms with Crippen LogP contribution in [0.3, 0.4) is 0 Å². The van der Waals surface area contributed by atoms with Crippen molar-refractivity contribution in [1.29, 1.82) is 0 Å². The molecule has 0 aliphatic rings. The molecule has 0 saturated carbocycles. The van der Waals surface area contributed by atoms with Crippen LogP contribution in [-0.4, -0.2) is 67.4 Å². The molecule has 0 fully saturated rings. The fourth-order valence-electron chi connectivity index (χ4n) is 3.97. The Morgan fingerprint density at radius 2 is 1.68 bits per heavy atom. The van der Waals surface area contributed by atoms with Gasteiger partial charge < -0.3 is 25.6 Å². The maximum Gasteiger partial charge on any atom is 0.254 e. The lowest BCUT2D eigenvalue weighted by molar-refractivity contribution is -0.143. The number of nitrogens with zero attached hydrogens (tertiary/aromatic N) is 2. The summed E-state index contributed by atoms with van der Waals surface area (Å²) < 4.78 is 5.92. The number of benzene rings is 2. The first kappa shape index (κ1) is 28.0. The molecule has 8 nitrogen and oxygen atoms in total. The maximum absolute atomic E-state index is 13.8. The minimum absolute atomic E-state index is 0.0314. The number of amides is 3. The third-order valence-corrected chi connectivity index (χ3v) is 7.11. The number of nitrogens with two attached hydrogens (primary N) is 1. The zero-order chi connectivity index (χ0) is 26.8. The molecule has 0 aliphatic heterocycles. The molecule has 0 aliphatic carbocycles. The standard InChI is InChI=1S/C28H34N4O4S/c1-30-26(33)24(16-23-13-8-14-37-23)31(2)28(35)25(19-36-18-20-9-5-4-6-10-20)32(3)27(34)22-12-7-11-21(15-22)17-29/h4-15,24-25H,16-19,29H2,1-3H3,(H,30,33). The molecular formula is C28H34N4O4S. The Hall–Kier alpha value is -3.53. The van der Waals surface area contributed by atoms with Crippen LogP contribution in [0.15, 0.2) is 72.1 Å². The van der Waals surface area contributed by atoms with E-state index in [0.717, 1.165) is 16.0 Å². The van der Waals surface area contributed by atoms with Gasteiger partial charge in [-0.25, -0.2) is 0 Å². The molecule has 9 heteroatoms. The van der Waals surface area contributed by atoms with E-state index < -0.39 is 12.1 Å². The topological polar surface area (TPSA) is 105 Å². The lowest BCUT2D eigenvalue weighted by atomic mass is 10.1. The van der Waals surface area contributed by atoms with Gasteiger partial charge in [0.25, 0.3) is 5.91 Å². The molecule has 2 unspecified atom stereocenters. The molecule has 3 amide bonds. The van der Waals surface area contributed by atoms with Crippen LogP contribution in [0.4, 0.5) is 0 Å². The van der Waals surface area contributed by atoms with Gasteiger partial charge in [0.15, 0.2) is 0 Å². The first-order chi connectivity index (χ1) is 17.8. The zero-order valence-electron chi connectivity index (χ0n) is 21.4. The number of carbonyl (C=O) groups excluding carboxylic acids is 3. The summed E-state index contributed by atoms with van der Waals surface area (Å²) in [4.78, 5) is 43.8. The summed E-state index contributed by atoms with van der Waals surface area (Å²) in [6.45, 7) is 0.552. The van der Waals surface area contributed by atoms with Crippen LogP contribution >= 0.6 is 11.3 Å². The molecule has 2 aromatic carbocycles. The molecule has 0 spiro atoms. The molecule has 2 atom stereocenters. The van der Waals surface area contributed by atoms with Gasteiger partial charge >= 0.3 is 0 Å². The maximum atomic E-state index is 13.8. The number of carbonyl (C=O) groups is 3. The Bertz CT molecular complexity index is 1170. The highest BCUT2D eigenvalue weighted by Gasteiger charge is 2.35. The second-order valence-electron chi connectivity index (χ2n) is 8.70. The molecule has 1 aromatic heterocycles. The summed E-state index contributed by atoms with van der Waals surface area (Å²) >= 11 is 1.52. The number of thiophene rings is 1. The lowest BCUT2D eigenvalue weighted by Gasteiger charge is -2.34. The van der Waals surface area contributed by atoms with Crippen molar-refractivity contribution in [3.05, 3.63) is 93.7 Å². The van der Waals surface area contributed by atoms with Crippen molar-refractivity contribution in [3.8, 4) is 0 Å². The Morgan fingerprint density at radius 3 is 2.32 bits per heavy atom. The highest BCUT2D eigenvalue weighted by molar-refractivity contribution is 7.09. The van der Waals surface area contributed by atoms with Crippen molar-refractivity contribution in [2.24, 2.45) is 5.73 Å². The minimum atomic E-state index is -0.946. The Morgan fingerprint density at radius 1 is 0.946 bits per heavy atom. The van der Waals surface area contributed by atoms with Crippen LogP contribution in [0.1, 0.15) is 26.4 Å². The molecule has 0 bridgehead atoms. The molecule has 37 heavy (non-hydrogen) atoms. The second-order valence-corrected chi connectivity index (χ2v) is 9.73. The van der Waals surface area contributed by atoms with E-state index in [1.54, 1.807) is 39.3 Å². The SMILES string of the molecule is CNC(=O)C(Cc1cccs1)N(C)C(=O)C(COCc1ccccc1)N(C)C(=O)c1cccc(CN)c1. The average molecular weight is 523 g/mol. The van der Waals surface area contributed by atoms with E-state index in [2.05, 4.69) is 5.32 Å².